The van der Waals surface area contributed by atoms with Gasteiger partial charge in [-0.2, -0.15) is 0 Å². The summed E-state index contributed by atoms with van der Waals surface area (Å²) in [5.41, 5.74) is 0.724. The monoisotopic (exact) mass is 246 g/mol. The number of aromatic amines is 1. The van der Waals surface area contributed by atoms with Crippen LogP contribution in [0.1, 0.15) is 10.4 Å². The number of hydrogen-bond acceptors (Lipinski definition) is 3. The summed E-state index contributed by atoms with van der Waals surface area (Å²) in [5, 5.41) is 12.1. The summed E-state index contributed by atoms with van der Waals surface area (Å²) in [6.45, 7) is 0. The largest absolute Gasteiger partial charge is 0.506 e. The highest BCUT2D eigenvalue weighted by molar-refractivity contribution is 7.71. The van der Waals surface area contributed by atoms with Crippen molar-refractivity contribution in [1.29, 1.82) is 0 Å². The molecule has 0 aliphatic heterocycles. The van der Waals surface area contributed by atoms with Crippen LogP contribution in [-0.4, -0.2) is 16.0 Å². The second-order valence-electron chi connectivity index (χ2n) is 3.38. The van der Waals surface area contributed by atoms with Crippen LogP contribution in [0.15, 0.2) is 42.6 Å². The first-order valence-electron chi connectivity index (χ1n) is 4.95. The maximum absolute atomic E-state index is 11.9. The molecule has 0 aliphatic rings. The fourth-order valence-corrected chi connectivity index (χ4v) is 1.60. The minimum Gasteiger partial charge on any atom is -0.506 e. The van der Waals surface area contributed by atoms with Crippen LogP contribution in [0.2, 0.25) is 0 Å². The fraction of sp³-hybridized carbons (Fsp3) is 0. The molecule has 1 heterocycles. The predicted molar refractivity (Wildman–Crippen MR) is 67.7 cm³/mol. The third-order valence-electron chi connectivity index (χ3n) is 2.22. The molecule has 0 unspecified atom stereocenters. The first-order chi connectivity index (χ1) is 8.18. The Morgan fingerprint density at radius 2 is 2.00 bits per heavy atom. The highest BCUT2D eigenvalue weighted by Crippen LogP contribution is 2.22. The molecular formula is C12H10N2O2S. The molecule has 5 heteroatoms. The van der Waals surface area contributed by atoms with Gasteiger partial charge in [0.2, 0.25) is 0 Å². The number of anilines is 1. The fourth-order valence-electron chi connectivity index (χ4n) is 1.37. The smallest absolute Gasteiger partial charge is 0.258 e. The third-order valence-corrected chi connectivity index (χ3v) is 2.55. The normalized spacial score (nSPS) is 9.88. The SMILES string of the molecule is O=C(Nc1ccccc1O)c1ccc[nH]c1=S. The molecule has 0 aliphatic carbocycles. The molecule has 2 aromatic rings. The molecule has 0 spiro atoms. The van der Waals surface area contributed by atoms with E-state index in [1.807, 2.05) is 0 Å². The zero-order valence-electron chi connectivity index (χ0n) is 8.81. The summed E-state index contributed by atoms with van der Waals surface area (Å²) in [6, 6.07) is 9.83. The lowest BCUT2D eigenvalue weighted by atomic mass is 10.2. The van der Waals surface area contributed by atoms with Crippen molar-refractivity contribution in [3.8, 4) is 5.75 Å². The number of aromatic hydroxyl groups is 1. The van der Waals surface area contributed by atoms with Gasteiger partial charge in [-0.25, -0.2) is 0 Å². The Labute approximate surface area is 103 Å². The van der Waals surface area contributed by atoms with E-state index in [1.54, 1.807) is 36.5 Å². The number of hydrogen-bond donors (Lipinski definition) is 3. The zero-order chi connectivity index (χ0) is 12.3. The Hall–Kier alpha value is -2.14. The lowest BCUT2D eigenvalue weighted by Gasteiger charge is -2.06. The first kappa shape index (κ1) is 11.3. The van der Waals surface area contributed by atoms with Crippen molar-refractivity contribution in [2.45, 2.75) is 0 Å². The van der Waals surface area contributed by atoms with E-state index >= 15 is 0 Å². The molecule has 0 radical (unpaired) electrons. The molecule has 0 saturated heterocycles. The number of benzene rings is 1. The van der Waals surface area contributed by atoms with Crippen LogP contribution in [0.4, 0.5) is 5.69 Å². The van der Waals surface area contributed by atoms with Gasteiger partial charge in [-0.15, -0.1) is 0 Å². The van der Waals surface area contributed by atoms with Crippen molar-refractivity contribution in [2.75, 3.05) is 5.32 Å². The van der Waals surface area contributed by atoms with Gasteiger partial charge in [-0.05, 0) is 24.3 Å². The number of rotatable bonds is 2. The number of phenols is 1. The summed E-state index contributed by atoms with van der Waals surface area (Å²) >= 11 is 5.00. The average Bonchev–Trinajstić information content (AvgIpc) is 2.32. The van der Waals surface area contributed by atoms with Gasteiger partial charge in [-0.3, -0.25) is 4.79 Å². The molecule has 1 amide bonds. The van der Waals surface area contributed by atoms with E-state index in [0.29, 0.717) is 15.9 Å². The number of pyridine rings is 1. The average molecular weight is 246 g/mol. The van der Waals surface area contributed by atoms with Crippen LogP contribution in [0.25, 0.3) is 0 Å². The summed E-state index contributed by atoms with van der Waals surface area (Å²) in [6.07, 6.45) is 1.65. The molecule has 1 aromatic carbocycles. The van der Waals surface area contributed by atoms with Gasteiger partial charge in [0.25, 0.3) is 5.91 Å². The maximum atomic E-state index is 11.9. The molecular weight excluding hydrogens is 236 g/mol. The van der Waals surface area contributed by atoms with E-state index in [9.17, 15) is 9.90 Å². The number of carbonyl (C=O) groups excluding carboxylic acids is 1. The maximum Gasteiger partial charge on any atom is 0.258 e. The number of para-hydroxylation sites is 2. The van der Waals surface area contributed by atoms with Crippen molar-refractivity contribution in [3.05, 3.63) is 52.8 Å². The van der Waals surface area contributed by atoms with Crippen molar-refractivity contribution in [2.24, 2.45) is 0 Å². The van der Waals surface area contributed by atoms with E-state index in [-0.39, 0.29) is 11.7 Å². The van der Waals surface area contributed by atoms with Crippen LogP contribution in [-0.2, 0) is 0 Å². The Balaban J connectivity index is 2.27. The second kappa shape index (κ2) is 4.80. The van der Waals surface area contributed by atoms with E-state index in [1.165, 1.54) is 6.07 Å². The van der Waals surface area contributed by atoms with Gasteiger partial charge in [0.1, 0.15) is 10.4 Å². The van der Waals surface area contributed by atoms with Gasteiger partial charge in [0.05, 0.1) is 11.3 Å². The Bertz CT molecular complexity index is 607. The highest BCUT2D eigenvalue weighted by atomic mass is 32.1. The van der Waals surface area contributed by atoms with Crippen molar-refractivity contribution < 1.29 is 9.90 Å². The van der Waals surface area contributed by atoms with Crippen molar-refractivity contribution in [3.63, 3.8) is 0 Å². The first-order valence-corrected chi connectivity index (χ1v) is 5.36. The lowest BCUT2D eigenvalue weighted by Crippen LogP contribution is -2.12. The van der Waals surface area contributed by atoms with Gasteiger partial charge < -0.3 is 15.4 Å². The summed E-state index contributed by atoms with van der Waals surface area (Å²) in [7, 11) is 0. The van der Waals surface area contributed by atoms with E-state index in [2.05, 4.69) is 10.3 Å². The number of carbonyl (C=O) groups is 1. The minimum absolute atomic E-state index is 0.0201. The van der Waals surface area contributed by atoms with Gasteiger partial charge in [-0.1, -0.05) is 24.4 Å². The predicted octanol–water partition coefficient (Wildman–Crippen LogP) is 2.70. The molecule has 1 aromatic heterocycles. The van der Waals surface area contributed by atoms with Gasteiger partial charge in [0.15, 0.2) is 0 Å². The van der Waals surface area contributed by atoms with Crippen LogP contribution >= 0.6 is 12.2 Å². The number of aromatic nitrogens is 1. The quantitative estimate of drug-likeness (QED) is 0.564. The standard InChI is InChI=1S/C12H10N2O2S/c15-10-6-2-1-5-9(10)14-11(16)8-4-3-7-13-12(8)17/h1-7,15H,(H,13,17)(H,14,16). The molecule has 4 nitrogen and oxygen atoms in total. The molecule has 2 rings (SSSR count). The molecule has 0 atom stereocenters. The third kappa shape index (κ3) is 2.51. The topological polar surface area (TPSA) is 65.1 Å². The van der Waals surface area contributed by atoms with E-state index < -0.39 is 0 Å². The minimum atomic E-state index is -0.353. The van der Waals surface area contributed by atoms with E-state index in [4.69, 9.17) is 12.2 Å². The second-order valence-corrected chi connectivity index (χ2v) is 3.79. The van der Waals surface area contributed by atoms with Crippen molar-refractivity contribution >= 4 is 23.8 Å². The molecule has 17 heavy (non-hydrogen) atoms. The summed E-state index contributed by atoms with van der Waals surface area (Å²) in [4.78, 5) is 14.7. The molecule has 0 saturated carbocycles. The lowest BCUT2D eigenvalue weighted by molar-refractivity contribution is 0.102. The molecule has 0 bridgehead atoms. The van der Waals surface area contributed by atoms with Gasteiger partial charge in [0, 0.05) is 6.20 Å². The number of H-pyrrole nitrogens is 1. The summed E-state index contributed by atoms with van der Waals surface area (Å²) in [5.74, 6) is -0.333. The van der Waals surface area contributed by atoms with Crippen molar-refractivity contribution in [1.82, 2.24) is 4.98 Å². The number of nitrogens with one attached hydrogen (secondary N) is 2. The van der Waals surface area contributed by atoms with Crippen LogP contribution in [0.5, 0.6) is 5.75 Å². The Morgan fingerprint density at radius 1 is 1.24 bits per heavy atom. The highest BCUT2D eigenvalue weighted by Gasteiger charge is 2.09. The van der Waals surface area contributed by atoms with Gasteiger partial charge >= 0.3 is 0 Å². The van der Waals surface area contributed by atoms with E-state index in [0.717, 1.165) is 0 Å². The number of amides is 1. The molecule has 0 fully saturated rings. The summed E-state index contributed by atoms with van der Waals surface area (Å²) < 4.78 is 0.362. The molecule has 86 valence electrons. The Morgan fingerprint density at radius 3 is 2.71 bits per heavy atom. The zero-order valence-corrected chi connectivity index (χ0v) is 9.62. The van der Waals surface area contributed by atoms with Crippen LogP contribution < -0.4 is 5.32 Å². The molecule has 3 N–H and O–H groups in total. The number of phenolic OH excluding ortho intramolecular Hbond substituents is 1. The van der Waals surface area contributed by atoms with Crippen LogP contribution in [0.3, 0.4) is 0 Å². The Kier molecular flexibility index (Phi) is 3.20. The van der Waals surface area contributed by atoms with Crippen LogP contribution in [0, 0.1) is 4.64 Å².